The Morgan fingerprint density at radius 2 is 2.35 bits per heavy atom. The van der Waals surface area contributed by atoms with Crippen molar-refractivity contribution in [3.05, 3.63) is 18.0 Å². The summed E-state index contributed by atoms with van der Waals surface area (Å²) in [5, 5.41) is 8.84. The summed E-state index contributed by atoms with van der Waals surface area (Å²) in [6, 6.07) is 0.712. The molecule has 1 fully saturated rings. The Kier molecular flexibility index (Phi) is 4.92. The third-order valence-electron chi connectivity index (χ3n) is 3.39. The van der Waals surface area contributed by atoms with Crippen molar-refractivity contribution in [2.24, 2.45) is 0 Å². The van der Waals surface area contributed by atoms with Crippen molar-refractivity contribution in [1.29, 1.82) is 0 Å². The second-order valence-electron chi connectivity index (χ2n) is 4.67. The molecular formula is C13H23N3S. The molecule has 1 aliphatic rings. The van der Waals surface area contributed by atoms with E-state index in [1.165, 1.54) is 30.6 Å². The molecule has 17 heavy (non-hydrogen) atoms. The molecule has 1 saturated carbocycles. The molecule has 0 amide bonds. The van der Waals surface area contributed by atoms with Gasteiger partial charge in [-0.15, -0.1) is 0 Å². The summed E-state index contributed by atoms with van der Waals surface area (Å²) in [5.41, 5.74) is 1.30. The lowest BCUT2D eigenvalue weighted by Crippen LogP contribution is -2.25. The first-order chi connectivity index (χ1) is 8.31. The zero-order valence-electron chi connectivity index (χ0n) is 10.9. The van der Waals surface area contributed by atoms with Gasteiger partial charge in [0.25, 0.3) is 0 Å². The smallest absolute Gasteiger partial charge is 0.0534 e. The molecular weight excluding hydrogens is 230 g/mol. The molecule has 1 N–H and O–H groups in total. The van der Waals surface area contributed by atoms with Crippen molar-refractivity contribution in [2.75, 3.05) is 5.75 Å². The Bertz CT molecular complexity index is 337. The molecule has 0 aliphatic heterocycles. The number of hydrogen-bond acceptors (Lipinski definition) is 3. The first kappa shape index (κ1) is 13.0. The van der Waals surface area contributed by atoms with Crippen molar-refractivity contribution < 1.29 is 0 Å². The van der Waals surface area contributed by atoms with Crippen LogP contribution in [0.3, 0.4) is 0 Å². The van der Waals surface area contributed by atoms with E-state index in [0.29, 0.717) is 6.04 Å². The third-order valence-corrected chi connectivity index (χ3v) is 4.63. The van der Waals surface area contributed by atoms with E-state index in [9.17, 15) is 0 Å². The van der Waals surface area contributed by atoms with Crippen LogP contribution in [0.1, 0.15) is 38.7 Å². The highest BCUT2D eigenvalue weighted by Crippen LogP contribution is 2.29. The Labute approximate surface area is 108 Å². The molecule has 2 atom stereocenters. The van der Waals surface area contributed by atoms with Gasteiger partial charge in [0.05, 0.1) is 6.20 Å². The van der Waals surface area contributed by atoms with Gasteiger partial charge in [-0.2, -0.15) is 16.9 Å². The molecule has 2 unspecified atom stereocenters. The van der Waals surface area contributed by atoms with Crippen LogP contribution in [0.25, 0.3) is 0 Å². The predicted octanol–water partition coefficient (Wildman–Crippen LogP) is 2.67. The molecule has 2 rings (SSSR count). The lowest BCUT2D eigenvalue weighted by Gasteiger charge is -2.12. The second kappa shape index (κ2) is 6.45. The standard InChI is InChI=1S/C13H23N3S/c1-3-16-10-11(9-15-16)8-14-12-5-6-13(7-12)17-4-2/h9-10,12-14H,3-8H2,1-2H3. The maximum absolute atomic E-state index is 4.30. The number of hydrogen-bond donors (Lipinski definition) is 1. The van der Waals surface area contributed by atoms with Crippen LogP contribution in [0.2, 0.25) is 0 Å². The zero-order valence-corrected chi connectivity index (χ0v) is 11.7. The number of nitrogens with zero attached hydrogens (tertiary/aromatic N) is 2. The van der Waals surface area contributed by atoms with Crippen molar-refractivity contribution in [1.82, 2.24) is 15.1 Å². The van der Waals surface area contributed by atoms with E-state index in [0.717, 1.165) is 18.3 Å². The van der Waals surface area contributed by atoms with E-state index < -0.39 is 0 Å². The maximum atomic E-state index is 4.30. The first-order valence-electron chi connectivity index (χ1n) is 6.68. The molecule has 4 heteroatoms. The molecule has 96 valence electrons. The molecule has 3 nitrogen and oxygen atoms in total. The van der Waals surface area contributed by atoms with E-state index in [1.807, 2.05) is 10.9 Å². The monoisotopic (exact) mass is 253 g/mol. The van der Waals surface area contributed by atoms with Gasteiger partial charge in [0.1, 0.15) is 0 Å². The fourth-order valence-electron chi connectivity index (χ4n) is 2.45. The second-order valence-corrected chi connectivity index (χ2v) is 6.25. The van der Waals surface area contributed by atoms with Crippen molar-refractivity contribution >= 4 is 11.8 Å². The maximum Gasteiger partial charge on any atom is 0.0534 e. The molecule has 1 aliphatic carbocycles. The molecule has 1 aromatic heterocycles. The fourth-order valence-corrected chi connectivity index (χ4v) is 3.59. The van der Waals surface area contributed by atoms with E-state index >= 15 is 0 Å². The Hall–Kier alpha value is -0.480. The van der Waals surface area contributed by atoms with Crippen LogP contribution in [0.15, 0.2) is 12.4 Å². The molecule has 0 aromatic carbocycles. The molecule has 0 radical (unpaired) electrons. The summed E-state index contributed by atoms with van der Waals surface area (Å²) in [7, 11) is 0. The van der Waals surface area contributed by atoms with E-state index in [2.05, 4.69) is 42.2 Å². The molecule has 0 saturated heterocycles. The van der Waals surface area contributed by atoms with Crippen LogP contribution in [0.5, 0.6) is 0 Å². The van der Waals surface area contributed by atoms with Crippen molar-refractivity contribution in [3.63, 3.8) is 0 Å². The first-order valence-corrected chi connectivity index (χ1v) is 7.73. The van der Waals surface area contributed by atoms with Gasteiger partial charge in [0.2, 0.25) is 0 Å². The van der Waals surface area contributed by atoms with Crippen LogP contribution >= 0.6 is 11.8 Å². The number of aryl methyl sites for hydroxylation is 1. The van der Waals surface area contributed by atoms with Gasteiger partial charge in [-0.1, -0.05) is 6.92 Å². The van der Waals surface area contributed by atoms with Gasteiger partial charge in [0, 0.05) is 36.1 Å². The van der Waals surface area contributed by atoms with Gasteiger partial charge >= 0.3 is 0 Å². The SMILES string of the molecule is CCSC1CCC(NCc2cnn(CC)c2)C1. The van der Waals surface area contributed by atoms with E-state index in [1.54, 1.807) is 0 Å². The summed E-state index contributed by atoms with van der Waals surface area (Å²) >= 11 is 2.12. The summed E-state index contributed by atoms with van der Waals surface area (Å²) < 4.78 is 1.99. The van der Waals surface area contributed by atoms with Crippen LogP contribution < -0.4 is 5.32 Å². The van der Waals surface area contributed by atoms with Crippen LogP contribution in [-0.4, -0.2) is 26.8 Å². The lowest BCUT2D eigenvalue weighted by atomic mass is 10.2. The summed E-state index contributed by atoms with van der Waals surface area (Å²) in [5.74, 6) is 1.25. The number of aromatic nitrogens is 2. The summed E-state index contributed by atoms with van der Waals surface area (Å²) in [6.45, 7) is 6.30. The highest BCUT2D eigenvalue weighted by Gasteiger charge is 2.23. The highest BCUT2D eigenvalue weighted by atomic mass is 32.2. The van der Waals surface area contributed by atoms with Gasteiger partial charge in [-0.05, 0) is 31.9 Å². The average Bonchev–Trinajstić information content (AvgIpc) is 2.95. The topological polar surface area (TPSA) is 29.9 Å². The number of rotatable bonds is 6. The van der Waals surface area contributed by atoms with Crippen LogP contribution in [-0.2, 0) is 13.1 Å². The Morgan fingerprint density at radius 1 is 1.47 bits per heavy atom. The predicted molar refractivity (Wildman–Crippen MR) is 74.3 cm³/mol. The molecule has 0 spiro atoms. The highest BCUT2D eigenvalue weighted by molar-refractivity contribution is 7.99. The van der Waals surface area contributed by atoms with Gasteiger partial charge in [-0.3, -0.25) is 4.68 Å². The summed E-state index contributed by atoms with van der Waals surface area (Å²) in [6.07, 6.45) is 8.16. The van der Waals surface area contributed by atoms with Crippen LogP contribution in [0.4, 0.5) is 0 Å². The van der Waals surface area contributed by atoms with E-state index in [-0.39, 0.29) is 0 Å². The number of nitrogens with one attached hydrogen (secondary N) is 1. The lowest BCUT2D eigenvalue weighted by molar-refractivity contribution is 0.524. The number of thioether (sulfide) groups is 1. The largest absolute Gasteiger partial charge is 0.310 e. The fraction of sp³-hybridized carbons (Fsp3) is 0.769. The van der Waals surface area contributed by atoms with E-state index in [4.69, 9.17) is 0 Å². The minimum absolute atomic E-state index is 0.712. The van der Waals surface area contributed by atoms with Gasteiger partial charge < -0.3 is 5.32 Å². The van der Waals surface area contributed by atoms with Crippen molar-refractivity contribution in [2.45, 2.75) is 57.5 Å². The van der Waals surface area contributed by atoms with Gasteiger partial charge in [0.15, 0.2) is 0 Å². The minimum atomic E-state index is 0.712. The van der Waals surface area contributed by atoms with Crippen molar-refractivity contribution in [3.8, 4) is 0 Å². The van der Waals surface area contributed by atoms with Crippen LogP contribution in [0, 0.1) is 0 Å². The molecule has 0 bridgehead atoms. The zero-order chi connectivity index (χ0) is 12.1. The Balaban J connectivity index is 1.72. The average molecular weight is 253 g/mol. The van der Waals surface area contributed by atoms with Gasteiger partial charge in [-0.25, -0.2) is 0 Å². The quantitative estimate of drug-likeness (QED) is 0.845. The minimum Gasteiger partial charge on any atom is -0.310 e. The molecule has 1 heterocycles. The molecule has 1 aromatic rings. The normalized spacial score (nSPS) is 24.4. The third kappa shape index (κ3) is 3.75. The summed E-state index contributed by atoms with van der Waals surface area (Å²) in [4.78, 5) is 0. The Morgan fingerprint density at radius 3 is 3.06 bits per heavy atom.